The Kier molecular flexibility index (Phi) is 3.99. The van der Waals surface area contributed by atoms with Gasteiger partial charge in [0.15, 0.2) is 11.6 Å². The van der Waals surface area contributed by atoms with Gasteiger partial charge in [0.05, 0.1) is 17.6 Å². The Hall–Kier alpha value is -3.49. The Morgan fingerprint density at radius 3 is 2.77 bits per heavy atom. The number of carbonyl (C=O) groups is 1. The number of nitrogens with zero attached hydrogens (tertiary/aromatic N) is 3. The fourth-order valence-electron chi connectivity index (χ4n) is 5.50. The Labute approximate surface area is 176 Å². The van der Waals surface area contributed by atoms with E-state index in [2.05, 4.69) is 25.3 Å². The molecule has 4 aromatic heterocycles. The number of halogens is 1. The normalized spacial score (nSPS) is 25.3. The van der Waals surface area contributed by atoms with E-state index in [4.69, 9.17) is 4.98 Å². The van der Waals surface area contributed by atoms with Crippen molar-refractivity contribution >= 4 is 33.9 Å². The van der Waals surface area contributed by atoms with E-state index in [0.29, 0.717) is 39.7 Å². The summed E-state index contributed by atoms with van der Waals surface area (Å²) in [7, 11) is 0. The highest BCUT2D eigenvalue weighted by atomic mass is 19.1. The Morgan fingerprint density at radius 2 is 1.97 bits per heavy atom. The molecular weight excluding hydrogens is 399 g/mol. The summed E-state index contributed by atoms with van der Waals surface area (Å²) in [5, 5.41) is 14.0. The van der Waals surface area contributed by atoms with Gasteiger partial charge in [-0.1, -0.05) is 0 Å². The molecule has 3 aliphatic carbocycles. The van der Waals surface area contributed by atoms with Gasteiger partial charge in [-0.05, 0) is 49.7 Å². The maximum Gasteiger partial charge on any atom is 0.308 e. The van der Waals surface area contributed by atoms with Crippen LogP contribution in [0.15, 0.2) is 30.7 Å². The van der Waals surface area contributed by atoms with Gasteiger partial charge in [-0.25, -0.2) is 19.3 Å². The smallest absolute Gasteiger partial charge is 0.308 e. The molecule has 3 saturated carbocycles. The summed E-state index contributed by atoms with van der Waals surface area (Å²) in [6.07, 6.45) is 8.68. The van der Waals surface area contributed by atoms with Gasteiger partial charge in [-0.15, -0.1) is 0 Å². The van der Waals surface area contributed by atoms with Crippen LogP contribution in [0.25, 0.3) is 33.5 Å². The number of carboxylic acid groups (broad SMARTS) is 1. The van der Waals surface area contributed by atoms with Crippen molar-refractivity contribution in [3.05, 3.63) is 36.5 Å². The number of hydrogen-bond acceptors (Lipinski definition) is 5. The Bertz CT molecular complexity index is 1310. The van der Waals surface area contributed by atoms with Gasteiger partial charge in [-0.3, -0.25) is 4.79 Å². The van der Waals surface area contributed by atoms with Crippen molar-refractivity contribution in [2.45, 2.75) is 31.7 Å². The average Bonchev–Trinajstić information content (AvgIpc) is 3.41. The molecule has 0 radical (unpaired) electrons. The first-order valence-corrected chi connectivity index (χ1v) is 10.6. The molecular formula is C22H21FN6O2. The third-order valence-corrected chi connectivity index (χ3v) is 6.95. The zero-order valence-corrected chi connectivity index (χ0v) is 16.6. The van der Waals surface area contributed by atoms with Gasteiger partial charge in [0, 0.05) is 29.4 Å². The highest BCUT2D eigenvalue weighted by Gasteiger charge is 2.47. The van der Waals surface area contributed by atoms with Crippen molar-refractivity contribution in [3.8, 4) is 11.4 Å². The minimum atomic E-state index is -0.748. The van der Waals surface area contributed by atoms with Crippen LogP contribution in [0.2, 0.25) is 0 Å². The number of carboxylic acids is 1. The fourth-order valence-corrected chi connectivity index (χ4v) is 5.50. The van der Waals surface area contributed by atoms with Crippen LogP contribution in [0.5, 0.6) is 0 Å². The molecule has 4 aromatic rings. The van der Waals surface area contributed by atoms with Crippen LogP contribution in [0.4, 0.5) is 10.2 Å². The molecule has 0 spiro atoms. The van der Waals surface area contributed by atoms with E-state index in [0.717, 1.165) is 37.4 Å². The SMILES string of the molecule is O=C(O)[C@H]1C2CCC(CC2)[C@@H]1Nc1nc(-c2c[nH]c3ncc(F)cc23)nc2cc[nH]c12. The molecule has 4 heterocycles. The zero-order valence-electron chi connectivity index (χ0n) is 16.6. The van der Waals surface area contributed by atoms with E-state index >= 15 is 0 Å². The maximum atomic E-state index is 13.8. The molecule has 0 unspecified atom stereocenters. The molecule has 0 aliphatic heterocycles. The third-order valence-electron chi connectivity index (χ3n) is 6.95. The molecule has 158 valence electrons. The number of pyridine rings is 1. The molecule has 3 fully saturated rings. The second-order valence-electron chi connectivity index (χ2n) is 8.59. The lowest BCUT2D eigenvalue weighted by Crippen LogP contribution is -2.51. The standard InChI is InChI=1S/C22H21FN6O2/c23-12-7-13-14(9-26-19(13)25-8-12)20-27-15-5-6-24-18(15)21(29-20)28-17-11-3-1-10(2-4-11)16(17)22(30)31/h5-11,16-17,24H,1-4H2,(H,25,26)(H,30,31)(H,27,28,29)/t10?,11?,16-,17-/m0/s1. The summed E-state index contributed by atoms with van der Waals surface area (Å²) in [4.78, 5) is 31.7. The second-order valence-corrected chi connectivity index (χ2v) is 8.59. The second kappa shape index (κ2) is 6.76. The van der Waals surface area contributed by atoms with Crippen molar-refractivity contribution in [2.75, 3.05) is 5.32 Å². The largest absolute Gasteiger partial charge is 0.481 e. The minimum absolute atomic E-state index is 0.179. The summed E-state index contributed by atoms with van der Waals surface area (Å²) < 4.78 is 13.8. The summed E-state index contributed by atoms with van der Waals surface area (Å²) in [6.45, 7) is 0. The summed E-state index contributed by atoms with van der Waals surface area (Å²) in [5.74, 6) is -0.0982. The number of aromatic amines is 2. The number of aliphatic carboxylic acids is 1. The molecule has 2 bridgehead atoms. The van der Waals surface area contributed by atoms with Crippen molar-refractivity contribution in [1.82, 2.24) is 24.9 Å². The van der Waals surface area contributed by atoms with Crippen molar-refractivity contribution in [1.29, 1.82) is 0 Å². The maximum absolute atomic E-state index is 13.8. The van der Waals surface area contributed by atoms with E-state index in [1.165, 1.54) is 6.07 Å². The number of nitrogens with one attached hydrogen (secondary N) is 3. The summed E-state index contributed by atoms with van der Waals surface area (Å²) >= 11 is 0. The van der Waals surface area contributed by atoms with Crippen LogP contribution < -0.4 is 5.32 Å². The first-order chi connectivity index (χ1) is 15.1. The van der Waals surface area contributed by atoms with Gasteiger partial charge in [0.1, 0.15) is 17.0 Å². The van der Waals surface area contributed by atoms with Gasteiger partial charge >= 0.3 is 5.97 Å². The number of anilines is 1. The highest BCUT2D eigenvalue weighted by Crippen LogP contribution is 2.46. The van der Waals surface area contributed by atoms with Crippen LogP contribution in [-0.4, -0.2) is 42.0 Å². The van der Waals surface area contributed by atoms with Crippen molar-refractivity contribution in [2.24, 2.45) is 17.8 Å². The third kappa shape index (κ3) is 2.87. The van der Waals surface area contributed by atoms with E-state index in [9.17, 15) is 14.3 Å². The molecule has 2 atom stereocenters. The Balaban J connectivity index is 1.46. The molecule has 9 heteroatoms. The van der Waals surface area contributed by atoms with E-state index in [1.54, 1.807) is 12.4 Å². The van der Waals surface area contributed by atoms with Gasteiger partial charge < -0.3 is 20.4 Å². The molecule has 31 heavy (non-hydrogen) atoms. The topological polar surface area (TPSA) is 120 Å². The van der Waals surface area contributed by atoms with Crippen molar-refractivity contribution < 1.29 is 14.3 Å². The lowest BCUT2D eigenvalue weighted by Gasteiger charge is -2.47. The van der Waals surface area contributed by atoms with E-state index in [-0.39, 0.29) is 12.0 Å². The highest BCUT2D eigenvalue weighted by molar-refractivity contribution is 5.94. The first-order valence-electron chi connectivity index (χ1n) is 10.6. The van der Waals surface area contributed by atoms with Crippen molar-refractivity contribution in [3.63, 3.8) is 0 Å². The zero-order chi connectivity index (χ0) is 21.1. The predicted octanol–water partition coefficient (Wildman–Crippen LogP) is 3.94. The fraction of sp³-hybridized carbons (Fsp3) is 0.364. The van der Waals surface area contributed by atoms with Crippen LogP contribution in [0.1, 0.15) is 25.7 Å². The average molecular weight is 420 g/mol. The summed E-state index contributed by atoms with van der Waals surface area (Å²) in [6, 6.07) is 3.08. The van der Waals surface area contributed by atoms with E-state index < -0.39 is 17.7 Å². The lowest BCUT2D eigenvalue weighted by molar-refractivity contribution is -0.148. The Morgan fingerprint density at radius 1 is 1.16 bits per heavy atom. The number of fused-ring (bicyclic) bond motifs is 5. The predicted molar refractivity (Wildman–Crippen MR) is 113 cm³/mol. The first kappa shape index (κ1) is 18.3. The molecule has 0 saturated heterocycles. The molecule has 3 aliphatic rings. The number of rotatable bonds is 4. The van der Waals surface area contributed by atoms with Crippen LogP contribution in [-0.2, 0) is 4.79 Å². The molecule has 8 nitrogen and oxygen atoms in total. The van der Waals surface area contributed by atoms with Gasteiger partial charge in [-0.2, -0.15) is 0 Å². The number of hydrogen-bond donors (Lipinski definition) is 4. The summed E-state index contributed by atoms with van der Waals surface area (Å²) in [5.41, 5.74) is 2.64. The molecule has 0 aromatic carbocycles. The minimum Gasteiger partial charge on any atom is -0.481 e. The number of H-pyrrole nitrogens is 2. The van der Waals surface area contributed by atoms with Gasteiger partial charge in [0.25, 0.3) is 0 Å². The van der Waals surface area contributed by atoms with Crippen LogP contribution >= 0.6 is 0 Å². The van der Waals surface area contributed by atoms with Crippen LogP contribution in [0, 0.1) is 23.6 Å². The van der Waals surface area contributed by atoms with E-state index in [1.807, 2.05) is 6.07 Å². The monoisotopic (exact) mass is 420 g/mol. The molecule has 0 amide bonds. The lowest BCUT2D eigenvalue weighted by atomic mass is 9.61. The molecule has 4 N–H and O–H groups in total. The van der Waals surface area contributed by atoms with Crippen LogP contribution in [0.3, 0.4) is 0 Å². The number of aromatic nitrogens is 5. The quantitative estimate of drug-likeness (QED) is 0.397. The van der Waals surface area contributed by atoms with Gasteiger partial charge in [0.2, 0.25) is 0 Å². The molecule has 7 rings (SSSR count).